The fraction of sp³-hybridized carbons (Fsp3) is 0.267. The molecule has 0 saturated carbocycles. The van der Waals surface area contributed by atoms with Gasteiger partial charge in [0.2, 0.25) is 0 Å². The van der Waals surface area contributed by atoms with Crippen molar-refractivity contribution in [2.24, 2.45) is 5.18 Å². The molecule has 1 aromatic carbocycles. The highest BCUT2D eigenvalue weighted by atomic mass is 16.5. The van der Waals surface area contributed by atoms with E-state index in [1.807, 2.05) is 24.3 Å². The zero-order valence-electron chi connectivity index (χ0n) is 12.4. The first-order valence-electron chi connectivity index (χ1n) is 6.67. The monoisotopic (exact) mass is 300 g/mol. The van der Waals surface area contributed by atoms with Gasteiger partial charge in [0, 0.05) is 6.54 Å². The van der Waals surface area contributed by atoms with Crippen molar-refractivity contribution in [2.45, 2.75) is 20.0 Å². The molecule has 1 N–H and O–H groups in total. The maximum absolute atomic E-state index is 12.1. The zero-order valence-corrected chi connectivity index (χ0v) is 12.4. The SMILES string of the molecule is COc1ccc(CNC(=O)c2cc(CN=O)nc(C)n2)cc1. The van der Waals surface area contributed by atoms with Crippen LogP contribution in [0.4, 0.5) is 0 Å². The van der Waals surface area contributed by atoms with Crippen LogP contribution in [-0.4, -0.2) is 23.0 Å². The van der Waals surface area contributed by atoms with E-state index >= 15 is 0 Å². The lowest BCUT2D eigenvalue weighted by Gasteiger charge is -2.07. The van der Waals surface area contributed by atoms with E-state index in [1.165, 1.54) is 6.07 Å². The Kier molecular flexibility index (Phi) is 5.13. The first-order valence-corrected chi connectivity index (χ1v) is 6.67. The topological polar surface area (TPSA) is 93.5 Å². The third-order valence-electron chi connectivity index (χ3n) is 2.96. The normalized spacial score (nSPS) is 10.1. The zero-order chi connectivity index (χ0) is 15.9. The number of methoxy groups -OCH3 is 1. The molecule has 7 heteroatoms. The highest BCUT2D eigenvalue weighted by Gasteiger charge is 2.10. The lowest BCUT2D eigenvalue weighted by Crippen LogP contribution is -2.24. The molecule has 0 unspecified atom stereocenters. The van der Waals surface area contributed by atoms with Crippen molar-refractivity contribution >= 4 is 5.91 Å². The predicted molar refractivity (Wildman–Crippen MR) is 80.4 cm³/mol. The molecule has 0 spiro atoms. The van der Waals surface area contributed by atoms with Gasteiger partial charge in [-0.1, -0.05) is 17.3 Å². The van der Waals surface area contributed by atoms with Gasteiger partial charge in [0.05, 0.1) is 12.8 Å². The van der Waals surface area contributed by atoms with Crippen LogP contribution in [0.5, 0.6) is 5.75 Å². The molecule has 1 amide bonds. The molecule has 1 aromatic heterocycles. The smallest absolute Gasteiger partial charge is 0.270 e. The Morgan fingerprint density at radius 2 is 2.00 bits per heavy atom. The van der Waals surface area contributed by atoms with Gasteiger partial charge in [-0.05, 0) is 30.7 Å². The van der Waals surface area contributed by atoms with E-state index < -0.39 is 0 Å². The minimum Gasteiger partial charge on any atom is -0.497 e. The van der Waals surface area contributed by atoms with E-state index in [0.29, 0.717) is 18.1 Å². The number of aryl methyl sites for hydroxylation is 1. The van der Waals surface area contributed by atoms with Crippen LogP contribution in [0.15, 0.2) is 35.5 Å². The largest absolute Gasteiger partial charge is 0.497 e. The molecule has 2 rings (SSSR count). The number of rotatable bonds is 6. The molecule has 22 heavy (non-hydrogen) atoms. The number of nitrogens with zero attached hydrogens (tertiary/aromatic N) is 3. The molecule has 0 aliphatic carbocycles. The summed E-state index contributed by atoms with van der Waals surface area (Å²) in [4.78, 5) is 30.5. The number of ether oxygens (including phenoxy) is 1. The van der Waals surface area contributed by atoms with Crippen molar-refractivity contribution in [3.8, 4) is 5.75 Å². The molecule has 0 fully saturated rings. The number of hydrogen-bond acceptors (Lipinski definition) is 6. The summed E-state index contributed by atoms with van der Waals surface area (Å²) in [6.07, 6.45) is 0. The summed E-state index contributed by atoms with van der Waals surface area (Å²) in [6.45, 7) is 1.95. The Hall–Kier alpha value is -2.83. The second-order valence-electron chi connectivity index (χ2n) is 4.61. The summed E-state index contributed by atoms with van der Waals surface area (Å²) in [5.74, 6) is 0.858. The molecular formula is C15H16N4O3. The number of hydrogen-bond donors (Lipinski definition) is 1. The third kappa shape index (κ3) is 4.08. The standard InChI is InChI=1S/C15H16N4O3/c1-10-18-12(9-17-21)7-14(19-10)15(20)16-8-11-3-5-13(22-2)6-4-11/h3-7H,8-9H2,1-2H3,(H,16,20). The van der Waals surface area contributed by atoms with Gasteiger partial charge >= 0.3 is 0 Å². The first-order chi connectivity index (χ1) is 10.6. The summed E-state index contributed by atoms with van der Waals surface area (Å²) in [5, 5.41) is 5.54. The van der Waals surface area contributed by atoms with Crippen molar-refractivity contribution in [3.05, 3.63) is 58.0 Å². The molecule has 114 valence electrons. The molecule has 2 aromatic rings. The minimum atomic E-state index is -0.325. The van der Waals surface area contributed by atoms with Crippen molar-refractivity contribution in [3.63, 3.8) is 0 Å². The van der Waals surface area contributed by atoms with Crippen LogP contribution < -0.4 is 10.1 Å². The van der Waals surface area contributed by atoms with Gasteiger partial charge in [0.1, 0.15) is 23.8 Å². The Balaban J connectivity index is 2.03. The molecular weight excluding hydrogens is 284 g/mol. The van der Waals surface area contributed by atoms with E-state index in [0.717, 1.165) is 11.3 Å². The van der Waals surface area contributed by atoms with Crippen molar-refractivity contribution < 1.29 is 9.53 Å². The number of amides is 1. The molecule has 0 aliphatic heterocycles. The van der Waals surface area contributed by atoms with E-state index in [1.54, 1.807) is 14.0 Å². The van der Waals surface area contributed by atoms with Crippen molar-refractivity contribution in [2.75, 3.05) is 7.11 Å². The van der Waals surface area contributed by atoms with Crippen LogP contribution in [0.1, 0.15) is 27.6 Å². The van der Waals surface area contributed by atoms with E-state index in [2.05, 4.69) is 20.5 Å². The predicted octanol–water partition coefficient (Wildman–Crippen LogP) is 1.99. The van der Waals surface area contributed by atoms with Crippen molar-refractivity contribution in [1.82, 2.24) is 15.3 Å². The highest BCUT2D eigenvalue weighted by molar-refractivity contribution is 5.92. The van der Waals surface area contributed by atoms with Gasteiger partial charge < -0.3 is 10.1 Å². The lowest BCUT2D eigenvalue weighted by molar-refractivity contribution is 0.0945. The lowest BCUT2D eigenvalue weighted by atomic mass is 10.2. The van der Waals surface area contributed by atoms with Crippen LogP contribution in [0.2, 0.25) is 0 Å². The van der Waals surface area contributed by atoms with E-state index in [-0.39, 0.29) is 18.1 Å². The second-order valence-corrected chi connectivity index (χ2v) is 4.61. The molecule has 0 bridgehead atoms. The number of nitrogens with one attached hydrogen (secondary N) is 1. The summed E-state index contributed by atoms with van der Waals surface area (Å²) in [6, 6.07) is 8.85. The van der Waals surface area contributed by atoms with Crippen LogP contribution in [0.25, 0.3) is 0 Å². The molecule has 0 radical (unpaired) electrons. The van der Waals surface area contributed by atoms with Gasteiger partial charge in [-0.15, -0.1) is 0 Å². The average molecular weight is 300 g/mol. The second kappa shape index (κ2) is 7.26. The number of benzene rings is 1. The van der Waals surface area contributed by atoms with Crippen LogP contribution in [0.3, 0.4) is 0 Å². The molecule has 0 atom stereocenters. The molecule has 0 aliphatic rings. The van der Waals surface area contributed by atoms with Crippen LogP contribution in [-0.2, 0) is 13.1 Å². The number of carbonyl (C=O) groups is 1. The Bertz CT molecular complexity index is 671. The maximum atomic E-state index is 12.1. The molecule has 7 nitrogen and oxygen atoms in total. The fourth-order valence-corrected chi connectivity index (χ4v) is 1.91. The highest BCUT2D eigenvalue weighted by Crippen LogP contribution is 2.11. The maximum Gasteiger partial charge on any atom is 0.270 e. The van der Waals surface area contributed by atoms with Gasteiger partial charge in [0.25, 0.3) is 5.91 Å². The average Bonchev–Trinajstić information content (AvgIpc) is 2.53. The van der Waals surface area contributed by atoms with Crippen LogP contribution in [0, 0.1) is 11.8 Å². The first kappa shape index (κ1) is 15.6. The summed E-state index contributed by atoms with van der Waals surface area (Å²) < 4.78 is 5.07. The Morgan fingerprint density at radius 3 is 2.64 bits per heavy atom. The van der Waals surface area contributed by atoms with E-state index in [9.17, 15) is 9.70 Å². The van der Waals surface area contributed by atoms with Gasteiger partial charge in [-0.25, -0.2) is 9.97 Å². The quantitative estimate of drug-likeness (QED) is 0.823. The number of carbonyl (C=O) groups excluding carboxylic acids is 1. The Labute approximate surface area is 127 Å². The van der Waals surface area contributed by atoms with Gasteiger partial charge in [-0.3, -0.25) is 4.79 Å². The summed E-state index contributed by atoms with van der Waals surface area (Å²) in [7, 11) is 1.60. The summed E-state index contributed by atoms with van der Waals surface area (Å²) in [5.41, 5.74) is 1.59. The molecule has 1 heterocycles. The third-order valence-corrected chi connectivity index (χ3v) is 2.96. The number of nitroso groups, excluding NO2 is 1. The van der Waals surface area contributed by atoms with Gasteiger partial charge in [-0.2, -0.15) is 4.91 Å². The van der Waals surface area contributed by atoms with Gasteiger partial charge in [0.15, 0.2) is 0 Å². The fourth-order valence-electron chi connectivity index (χ4n) is 1.91. The Morgan fingerprint density at radius 1 is 1.27 bits per heavy atom. The molecule has 0 saturated heterocycles. The van der Waals surface area contributed by atoms with Crippen molar-refractivity contribution in [1.29, 1.82) is 0 Å². The summed E-state index contributed by atoms with van der Waals surface area (Å²) >= 11 is 0. The van der Waals surface area contributed by atoms with E-state index in [4.69, 9.17) is 4.74 Å². The minimum absolute atomic E-state index is 0.0812. The number of aromatic nitrogens is 2. The van der Waals surface area contributed by atoms with Crippen LogP contribution >= 0.6 is 0 Å².